The zero-order valence-corrected chi connectivity index (χ0v) is 18.6. The van der Waals surface area contributed by atoms with Gasteiger partial charge >= 0.3 is 5.69 Å². The Morgan fingerprint density at radius 2 is 1.81 bits per heavy atom. The van der Waals surface area contributed by atoms with Crippen molar-refractivity contribution in [2.75, 3.05) is 25.0 Å². The Bertz CT molecular complexity index is 1270. The molecule has 4 aromatic rings. The highest BCUT2D eigenvalue weighted by atomic mass is 32.1. The molecule has 0 bridgehead atoms. The molecule has 0 saturated carbocycles. The molecule has 2 aromatic carbocycles. The number of amides is 1. The normalized spacial score (nSPS) is 15.3. The van der Waals surface area contributed by atoms with Gasteiger partial charge in [0, 0.05) is 13.0 Å². The fraction of sp³-hybridized carbons (Fsp3) is 0.304. The largest absolute Gasteiger partial charge is 0.350 e. The molecule has 8 nitrogen and oxygen atoms in total. The van der Waals surface area contributed by atoms with Crippen LogP contribution in [0, 0.1) is 0 Å². The average molecular weight is 449 g/mol. The molecule has 1 aliphatic rings. The molecule has 2 aromatic heterocycles. The number of carbonyl (C=O) groups is 1. The molecule has 0 atom stereocenters. The van der Waals surface area contributed by atoms with Crippen LogP contribution in [0.2, 0.25) is 0 Å². The summed E-state index contributed by atoms with van der Waals surface area (Å²) in [4.78, 5) is 31.8. The average Bonchev–Trinajstić information content (AvgIpc) is 3.34. The minimum Gasteiger partial charge on any atom is -0.301 e. The number of para-hydroxylation sites is 2. The highest BCUT2D eigenvalue weighted by Gasteiger charge is 2.27. The van der Waals surface area contributed by atoms with Crippen molar-refractivity contribution in [3.63, 3.8) is 0 Å². The van der Waals surface area contributed by atoms with Gasteiger partial charge in [-0.1, -0.05) is 41.7 Å². The number of nitrogens with zero attached hydrogens (tertiary/aromatic N) is 5. The Balaban J connectivity index is 1.22. The van der Waals surface area contributed by atoms with Crippen LogP contribution in [0.3, 0.4) is 0 Å². The summed E-state index contributed by atoms with van der Waals surface area (Å²) in [6.45, 7) is 1.88. The molecule has 0 unspecified atom stereocenters. The summed E-state index contributed by atoms with van der Waals surface area (Å²) in [5.74, 6) is 0.913. The van der Waals surface area contributed by atoms with Gasteiger partial charge in [0.25, 0.3) is 0 Å². The van der Waals surface area contributed by atoms with Crippen molar-refractivity contribution >= 4 is 32.6 Å². The number of hydrogen-bond donors (Lipinski definition) is 1. The second kappa shape index (κ2) is 8.68. The SMILES string of the molecule is Cn1nc(C2CCN(CC(=O)Nc3nc4ccccc4s3)CC2)n(-c2ccccc2)c1=O. The highest BCUT2D eigenvalue weighted by Crippen LogP contribution is 2.28. The lowest BCUT2D eigenvalue weighted by atomic mass is 9.95. The van der Waals surface area contributed by atoms with Gasteiger partial charge in [-0.25, -0.2) is 19.0 Å². The first-order chi connectivity index (χ1) is 15.6. The first kappa shape index (κ1) is 20.6. The van der Waals surface area contributed by atoms with Crippen LogP contribution in [-0.4, -0.2) is 49.8 Å². The van der Waals surface area contributed by atoms with E-state index in [4.69, 9.17) is 0 Å². The van der Waals surface area contributed by atoms with Crippen LogP contribution in [-0.2, 0) is 11.8 Å². The van der Waals surface area contributed by atoms with Crippen LogP contribution >= 0.6 is 11.3 Å². The fourth-order valence-corrected chi connectivity index (χ4v) is 5.09. The maximum Gasteiger partial charge on any atom is 0.350 e. The lowest BCUT2D eigenvalue weighted by molar-refractivity contribution is -0.117. The zero-order chi connectivity index (χ0) is 22.1. The van der Waals surface area contributed by atoms with Gasteiger partial charge in [-0.05, 0) is 50.2 Å². The summed E-state index contributed by atoms with van der Waals surface area (Å²) in [5, 5.41) is 8.09. The van der Waals surface area contributed by atoms with E-state index in [0.29, 0.717) is 11.7 Å². The van der Waals surface area contributed by atoms with Gasteiger partial charge in [0.2, 0.25) is 5.91 Å². The van der Waals surface area contributed by atoms with Gasteiger partial charge in [0.05, 0.1) is 22.4 Å². The standard InChI is InChI=1S/C23H24N6O2S/c1-27-23(31)29(17-7-3-2-4-8-17)21(26-27)16-11-13-28(14-12-16)15-20(30)25-22-24-18-9-5-6-10-19(18)32-22/h2-10,16H,11-15H2,1H3,(H,24,25,30). The van der Waals surface area contributed by atoms with E-state index in [2.05, 4.69) is 20.3 Å². The molecule has 0 aliphatic carbocycles. The lowest BCUT2D eigenvalue weighted by Crippen LogP contribution is -2.39. The predicted octanol–water partition coefficient (Wildman–Crippen LogP) is 3.00. The third-order valence-corrected chi connectivity index (χ3v) is 6.78. The number of nitrogens with one attached hydrogen (secondary N) is 1. The summed E-state index contributed by atoms with van der Waals surface area (Å²) in [5.41, 5.74) is 1.59. The van der Waals surface area contributed by atoms with Gasteiger partial charge < -0.3 is 5.32 Å². The molecule has 0 spiro atoms. The van der Waals surface area contributed by atoms with Gasteiger partial charge in [-0.15, -0.1) is 0 Å². The van der Waals surface area contributed by atoms with E-state index in [1.165, 1.54) is 16.0 Å². The van der Waals surface area contributed by atoms with Gasteiger partial charge in [0.15, 0.2) is 5.13 Å². The maximum absolute atomic E-state index is 12.7. The number of hydrogen-bond acceptors (Lipinski definition) is 6. The molecular formula is C23H24N6O2S. The summed E-state index contributed by atoms with van der Waals surface area (Å²) in [6, 6.07) is 17.5. The summed E-state index contributed by atoms with van der Waals surface area (Å²) in [6.07, 6.45) is 1.69. The van der Waals surface area contributed by atoms with Crippen molar-refractivity contribution in [1.29, 1.82) is 0 Å². The fourth-order valence-electron chi connectivity index (χ4n) is 4.20. The first-order valence-electron chi connectivity index (χ1n) is 10.7. The first-order valence-corrected chi connectivity index (χ1v) is 11.5. The second-order valence-corrected chi connectivity index (χ2v) is 9.05. The van der Waals surface area contributed by atoms with Crippen molar-refractivity contribution in [2.45, 2.75) is 18.8 Å². The third-order valence-electron chi connectivity index (χ3n) is 5.82. The van der Waals surface area contributed by atoms with Crippen LogP contribution in [0.1, 0.15) is 24.6 Å². The van der Waals surface area contributed by atoms with Crippen LogP contribution in [0.5, 0.6) is 0 Å². The number of anilines is 1. The van der Waals surface area contributed by atoms with Crippen molar-refractivity contribution in [1.82, 2.24) is 24.2 Å². The van der Waals surface area contributed by atoms with Gasteiger partial charge in [-0.2, -0.15) is 5.10 Å². The minimum atomic E-state index is -0.135. The van der Waals surface area contributed by atoms with Crippen molar-refractivity contribution in [3.8, 4) is 5.69 Å². The van der Waals surface area contributed by atoms with Crippen molar-refractivity contribution in [3.05, 3.63) is 70.9 Å². The Hall–Kier alpha value is -3.30. The lowest BCUT2D eigenvalue weighted by Gasteiger charge is -2.30. The van der Waals surface area contributed by atoms with Crippen LogP contribution < -0.4 is 11.0 Å². The predicted molar refractivity (Wildman–Crippen MR) is 125 cm³/mol. The van der Waals surface area contributed by atoms with Gasteiger partial charge in [0.1, 0.15) is 5.82 Å². The third kappa shape index (κ3) is 4.09. The quantitative estimate of drug-likeness (QED) is 0.507. The molecule has 9 heteroatoms. The molecule has 1 saturated heterocycles. The van der Waals surface area contributed by atoms with E-state index < -0.39 is 0 Å². The highest BCUT2D eigenvalue weighted by molar-refractivity contribution is 7.22. The molecular weight excluding hydrogens is 424 g/mol. The number of thiazole rings is 1. The van der Waals surface area contributed by atoms with Crippen molar-refractivity contribution in [2.24, 2.45) is 7.05 Å². The molecule has 3 heterocycles. The number of aryl methyl sites for hydroxylation is 1. The molecule has 1 N–H and O–H groups in total. The zero-order valence-electron chi connectivity index (χ0n) is 17.8. The number of fused-ring (bicyclic) bond motifs is 1. The van der Waals surface area contributed by atoms with E-state index in [1.807, 2.05) is 54.6 Å². The Morgan fingerprint density at radius 3 is 2.56 bits per heavy atom. The molecule has 5 rings (SSSR count). The van der Waals surface area contributed by atoms with E-state index in [1.54, 1.807) is 11.6 Å². The number of likely N-dealkylation sites (tertiary alicyclic amines) is 1. The van der Waals surface area contributed by atoms with E-state index in [-0.39, 0.29) is 17.5 Å². The Labute approximate surface area is 189 Å². The summed E-state index contributed by atoms with van der Waals surface area (Å²) >= 11 is 1.48. The maximum atomic E-state index is 12.7. The second-order valence-electron chi connectivity index (χ2n) is 8.02. The van der Waals surface area contributed by atoms with Crippen LogP contribution in [0.4, 0.5) is 5.13 Å². The van der Waals surface area contributed by atoms with E-state index in [9.17, 15) is 9.59 Å². The molecule has 1 aliphatic heterocycles. The van der Waals surface area contributed by atoms with Gasteiger partial charge in [-0.3, -0.25) is 9.69 Å². The molecule has 1 amide bonds. The molecule has 1 fully saturated rings. The number of aromatic nitrogens is 4. The minimum absolute atomic E-state index is 0.0541. The molecule has 32 heavy (non-hydrogen) atoms. The van der Waals surface area contributed by atoms with E-state index in [0.717, 1.165) is 47.7 Å². The topological polar surface area (TPSA) is 85.1 Å². The van der Waals surface area contributed by atoms with Crippen LogP contribution in [0.25, 0.3) is 15.9 Å². The summed E-state index contributed by atoms with van der Waals surface area (Å²) in [7, 11) is 1.69. The van der Waals surface area contributed by atoms with E-state index >= 15 is 0 Å². The monoisotopic (exact) mass is 448 g/mol. The van der Waals surface area contributed by atoms with Crippen LogP contribution in [0.15, 0.2) is 59.4 Å². The molecule has 164 valence electrons. The smallest absolute Gasteiger partial charge is 0.301 e. The number of benzene rings is 2. The number of carbonyl (C=O) groups excluding carboxylic acids is 1. The summed E-state index contributed by atoms with van der Waals surface area (Å²) < 4.78 is 4.17. The number of rotatable bonds is 5. The molecule has 0 radical (unpaired) electrons. The number of piperidine rings is 1. The van der Waals surface area contributed by atoms with Crippen molar-refractivity contribution < 1.29 is 4.79 Å². The Kier molecular flexibility index (Phi) is 5.59. The Morgan fingerprint density at radius 1 is 1.09 bits per heavy atom.